The van der Waals surface area contributed by atoms with E-state index in [1.807, 2.05) is 0 Å². The number of hydrogen-bond donors (Lipinski definition) is 4. The SMILES string of the molecule is CCCCCC(CCCCNCCCN)NCCCN. The molecule has 0 aromatic carbocycles. The highest BCUT2D eigenvalue weighted by atomic mass is 14.9. The van der Waals surface area contributed by atoms with Crippen LogP contribution in [0.4, 0.5) is 0 Å². The second kappa shape index (κ2) is 16.9. The molecule has 0 saturated carbocycles. The fourth-order valence-corrected chi connectivity index (χ4v) is 2.39. The second-order valence-electron chi connectivity index (χ2n) is 5.68. The van der Waals surface area contributed by atoms with Crippen LogP contribution >= 0.6 is 0 Å². The molecular weight excluding hydrogens is 248 g/mol. The monoisotopic (exact) mass is 286 g/mol. The molecule has 0 heterocycles. The van der Waals surface area contributed by atoms with Gasteiger partial charge in [-0.1, -0.05) is 32.6 Å². The van der Waals surface area contributed by atoms with E-state index < -0.39 is 0 Å². The van der Waals surface area contributed by atoms with Gasteiger partial charge in [-0.05, 0) is 64.8 Å². The van der Waals surface area contributed by atoms with Gasteiger partial charge in [-0.2, -0.15) is 0 Å². The zero-order valence-electron chi connectivity index (χ0n) is 13.6. The van der Waals surface area contributed by atoms with Crippen LogP contribution < -0.4 is 22.1 Å². The summed E-state index contributed by atoms with van der Waals surface area (Å²) in [6, 6.07) is 0.692. The van der Waals surface area contributed by atoms with Crippen LogP contribution in [0, 0.1) is 0 Å². The molecule has 0 aliphatic carbocycles. The first kappa shape index (κ1) is 19.8. The smallest absolute Gasteiger partial charge is 0.00670 e. The largest absolute Gasteiger partial charge is 0.330 e. The number of nitrogens with two attached hydrogens (primary N) is 2. The van der Waals surface area contributed by atoms with Crippen molar-refractivity contribution in [3.63, 3.8) is 0 Å². The van der Waals surface area contributed by atoms with E-state index in [0.29, 0.717) is 6.04 Å². The highest BCUT2D eigenvalue weighted by Gasteiger charge is 2.06. The zero-order valence-corrected chi connectivity index (χ0v) is 13.6. The van der Waals surface area contributed by atoms with E-state index in [-0.39, 0.29) is 0 Å². The minimum atomic E-state index is 0.692. The van der Waals surface area contributed by atoms with Crippen LogP contribution in [-0.4, -0.2) is 38.8 Å². The van der Waals surface area contributed by atoms with E-state index in [1.165, 1.54) is 44.9 Å². The average Bonchev–Trinajstić information content (AvgIpc) is 2.46. The molecule has 1 atom stereocenters. The molecule has 0 aliphatic rings. The quantitative estimate of drug-likeness (QED) is 0.327. The van der Waals surface area contributed by atoms with Gasteiger partial charge in [-0.15, -0.1) is 0 Å². The highest BCUT2D eigenvalue weighted by molar-refractivity contribution is 4.67. The minimum absolute atomic E-state index is 0.692. The molecule has 1 unspecified atom stereocenters. The van der Waals surface area contributed by atoms with E-state index in [4.69, 9.17) is 11.5 Å². The summed E-state index contributed by atoms with van der Waals surface area (Å²) in [7, 11) is 0. The molecule has 0 saturated heterocycles. The lowest BCUT2D eigenvalue weighted by molar-refractivity contribution is 0.416. The second-order valence-corrected chi connectivity index (χ2v) is 5.68. The average molecular weight is 287 g/mol. The summed E-state index contributed by atoms with van der Waals surface area (Å²) in [6.07, 6.45) is 11.4. The van der Waals surface area contributed by atoms with E-state index >= 15 is 0 Å². The van der Waals surface area contributed by atoms with Gasteiger partial charge in [0.2, 0.25) is 0 Å². The fraction of sp³-hybridized carbons (Fsp3) is 1.00. The van der Waals surface area contributed by atoms with E-state index in [2.05, 4.69) is 17.6 Å². The van der Waals surface area contributed by atoms with E-state index in [9.17, 15) is 0 Å². The summed E-state index contributed by atoms with van der Waals surface area (Å²) < 4.78 is 0. The fourth-order valence-electron chi connectivity index (χ4n) is 2.39. The Morgan fingerprint density at radius 1 is 0.750 bits per heavy atom. The predicted molar refractivity (Wildman–Crippen MR) is 90.0 cm³/mol. The van der Waals surface area contributed by atoms with Crippen molar-refractivity contribution >= 4 is 0 Å². The Kier molecular flexibility index (Phi) is 16.8. The summed E-state index contributed by atoms with van der Waals surface area (Å²) in [4.78, 5) is 0. The van der Waals surface area contributed by atoms with Crippen LogP contribution in [0.5, 0.6) is 0 Å². The van der Waals surface area contributed by atoms with Gasteiger partial charge in [-0.25, -0.2) is 0 Å². The van der Waals surface area contributed by atoms with Crippen LogP contribution in [0.2, 0.25) is 0 Å². The summed E-state index contributed by atoms with van der Waals surface area (Å²) >= 11 is 0. The molecule has 0 bridgehead atoms. The first-order valence-electron chi connectivity index (χ1n) is 8.69. The molecule has 0 radical (unpaired) electrons. The standard InChI is InChI=1S/C16H38N4/c1-2-3-4-9-16(20-15-8-12-18)10-5-6-13-19-14-7-11-17/h16,19-20H,2-15,17-18H2,1H3. The van der Waals surface area contributed by atoms with Crippen LogP contribution in [-0.2, 0) is 0 Å². The third kappa shape index (κ3) is 14.3. The van der Waals surface area contributed by atoms with E-state index in [1.54, 1.807) is 0 Å². The van der Waals surface area contributed by atoms with Crippen molar-refractivity contribution in [3.8, 4) is 0 Å². The Balaban J connectivity index is 3.56. The van der Waals surface area contributed by atoms with Crippen molar-refractivity contribution in [2.45, 2.75) is 70.8 Å². The van der Waals surface area contributed by atoms with E-state index in [0.717, 1.165) is 45.6 Å². The Hall–Kier alpha value is -0.160. The Morgan fingerprint density at radius 2 is 1.35 bits per heavy atom. The minimum Gasteiger partial charge on any atom is -0.330 e. The predicted octanol–water partition coefficient (Wildman–Crippen LogP) is 1.98. The van der Waals surface area contributed by atoms with Gasteiger partial charge in [0.25, 0.3) is 0 Å². The van der Waals surface area contributed by atoms with Gasteiger partial charge in [-0.3, -0.25) is 0 Å². The highest BCUT2D eigenvalue weighted by Crippen LogP contribution is 2.10. The maximum absolute atomic E-state index is 5.56. The summed E-state index contributed by atoms with van der Waals surface area (Å²) in [5.41, 5.74) is 11.0. The Labute approximate surface area is 126 Å². The maximum atomic E-state index is 5.56. The summed E-state index contributed by atoms with van der Waals surface area (Å²) in [5.74, 6) is 0. The molecule has 0 rings (SSSR count). The number of hydrogen-bond acceptors (Lipinski definition) is 4. The van der Waals surface area contributed by atoms with Gasteiger partial charge in [0.05, 0.1) is 0 Å². The third-order valence-electron chi connectivity index (χ3n) is 3.68. The molecule has 0 aromatic rings. The van der Waals surface area contributed by atoms with Crippen LogP contribution in [0.25, 0.3) is 0 Å². The van der Waals surface area contributed by atoms with Gasteiger partial charge in [0.1, 0.15) is 0 Å². The van der Waals surface area contributed by atoms with Crippen molar-refractivity contribution in [2.75, 3.05) is 32.7 Å². The zero-order chi connectivity index (χ0) is 14.9. The third-order valence-corrected chi connectivity index (χ3v) is 3.68. The van der Waals surface area contributed by atoms with Crippen molar-refractivity contribution in [1.82, 2.24) is 10.6 Å². The molecular formula is C16H38N4. The van der Waals surface area contributed by atoms with Crippen molar-refractivity contribution in [2.24, 2.45) is 11.5 Å². The molecule has 4 heteroatoms. The molecule has 6 N–H and O–H groups in total. The molecule has 0 fully saturated rings. The summed E-state index contributed by atoms with van der Waals surface area (Å²) in [6.45, 7) is 7.11. The first-order chi connectivity index (χ1) is 9.85. The first-order valence-corrected chi connectivity index (χ1v) is 8.69. The lowest BCUT2D eigenvalue weighted by Crippen LogP contribution is -2.31. The molecule has 0 spiro atoms. The molecule has 0 amide bonds. The van der Waals surface area contributed by atoms with Gasteiger partial charge in [0.15, 0.2) is 0 Å². The van der Waals surface area contributed by atoms with Crippen LogP contribution in [0.3, 0.4) is 0 Å². The molecule has 0 aromatic heterocycles. The lowest BCUT2D eigenvalue weighted by Gasteiger charge is -2.18. The number of rotatable bonds is 16. The number of unbranched alkanes of at least 4 members (excludes halogenated alkanes) is 3. The molecule has 0 aliphatic heterocycles. The number of nitrogens with one attached hydrogen (secondary N) is 2. The van der Waals surface area contributed by atoms with Crippen molar-refractivity contribution in [3.05, 3.63) is 0 Å². The van der Waals surface area contributed by atoms with Crippen molar-refractivity contribution < 1.29 is 0 Å². The lowest BCUT2D eigenvalue weighted by atomic mass is 10.0. The maximum Gasteiger partial charge on any atom is 0.00670 e. The molecule has 20 heavy (non-hydrogen) atoms. The van der Waals surface area contributed by atoms with Gasteiger partial charge < -0.3 is 22.1 Å². The topological polar surface area (TPSA) is 76.1 Å². The Morgan fingerprint density at radius 3 is 2.00 bits per heavy atom. The Bertz CT molecular complexity index is 166. The summed E-state index contributed by atoms with van der Waals surface area (Å²) in [5, 5.41) is 7.12. The molecule has 122 valence electrons. The normalized spacial score (nSPS) is 12.8. The van der Waals surface area contributed by atoms with Gasteiger partial charge >= 0.3 is 0 Å². The van der Waals surface area contributed by atoms with Crippen LogP contribution in [0.15, 0.2) is 0 Å². The van der Waals surface area contributed by atoms with Gasteiger partial charge in [0, 0.05) is 6.04 Å². The van der Waals surface area contributed by atoms with Crippen LogP contribution in [0.1, 0.15) is 64.7 Å². The molecule has 4 nitrogen and oxygen atoms in total. The van der Waals surface area contributed by atoms with Crippen molar-refractivity contribution in [1.29, 1.82) is 0 Å².